The normalized spacial score (nSPS) is 14.8. The highest BCUT2D eigenvalue weighted by Gasteiger charge is 2.28. The number of furan rings is 1. The maximum absolute atomic E-state index is 13.0. The molecule has 0 saturated carbocycles. The number of hydrogen-bond donors (Lipinski definition) is 1. The summed E-state index contributed by atoms with van der Waals surface area (Å²) in [6.07, 6.45) is 7.20. The molecule has 4 aromatic rings. The SMILES string of the molecule is CC1Cc2ccccc2N1Cc1occc1C(=O)Nc1cccc(Oc2cnccn2)c1. The Labute approximate surface area is 185 Å². The molecule has 0 aliphatic carbocycles. The molecule has 0 bridgehead atoms. The largest absolute Gasteiger partial charge is 0.467 e. The van der Waals surface area contributed by atoms with Gasteiger partial charge < -0.3 is 19.4 Å². The lowest BCUT2D eigenvalue weighted by atomic mass is 10.1. The molecule has 0 radical (unpaired) electrons. The van der Waals surface area contributed by atoms with Gasteiger partial charge >= 0.3 is 0 Å². The first-order valence-electron chi connectivity index (χ1n) is 10.4. The number of aromatic nitrogens is 2. The van der Waals surface area contributed by atoms with E-state index in [2.05, 4.69) is 45.3 Å². The van der Waals surface area contributed by atoms with Crippen molar-refractivity contribution in [3.05, 3.63) is 96.3 Å². The number of rotatable bonds is 6. The van der Waals surface area contributed by atoms with Crippen LogP contribution in [-0.2, 0) is 13.0 Å². The molecule has 32 heavy (non-hydrogen) atoms. The van der Waals surface area contributed by atoms with Crippen molar-refractivity contribution in [3.63, 3.8) is 0 Å². The predicted octanol–water partition coefficient (Wildman–Crippen LogP) is 5.07. The maximum Gasteiger partial charge on any atom is 0.259 e. The molecule has 1 atom stereocenters. The number of para-hydroxylation sites is 1. The number of anilines is 2. The number of benzene rings is 2. The Morgan fingerprint density at radius 3 is 2.97 bits per heavy atom. The molecule has 2 aromatic heterocycles. The molecule has 1 N–H and O–H groups in total. The molecule has 0 saturated heterocycles. The molecule has 0 spiro atoms. The lowest BCUT2D eigenvalue weighted by molar-refractivity contribution is 0.102. The lowest BCUT2D eigenvalue weighted by Gasteiger charge is -2.24. The third-order valence-corrected chi connectivity index (χ3v) is 5.51. The second-order valence-electron chi connectivity index (χ2n) is 7.69. The van der Waals surface area contributed by atoms with Crippen molar-refractivity contribution >= 4 is 17.3 Å². The molecule has 1 unspecified atom stereocenters. The van der Waals surface area contributed by atoms with Gasteiger partial charge in [-0.05, 0) is 43.2 Å². The van der Waals surface area contributed by atoms with E-state index in [-0.39, 0.29) is 5.91 Å². The van der Waals surface area contributed by atoms with Crippen LogP contribution in [0, 0.1) is 0 Å². The molecular weight excluding hydrogens is 404 g/mol. The van der Waals surface area contributed by atoms with E-state index >= 15 is 0 Å². The summed E-state index contributed by atoms with van der Waals surface area (Å²) < 4.78 is 11.4. The van der Waals surface area contributed by atoms with Crippen LogP contribution in [-0.4, -0.2) is 21.9 Å². The molecular formula is C25H22N4O3. The summed E-state index contributed by atoms with van der Waals surface area (Å²) in [5, 5.41) is 2.93. The fraction of sp³-hybridized carbons (Fsp3) is 0.160. The molecule has 1 amide bonds. The molecule has 0 fully saturated rings. The van der Waals surface area contributed by atoms with Gasteiger partial charge in [0.2, 0.25) is 5.88 Å². The third-order valence-electron chi connectivity index (χ3n) is 5.51. The Kier molecular flexibility index (Phi) is 5.29. The molecule has 3 heterocycles. The Hall–Kier alpha value is -4.13. The van der Waals surface area contributed by atoms with Crippen molar-refractivity contribution in [2.45, 2.75) is 25.9 Å². The van der Waals surface area contributed by atoms with Crippen molar-refractivity contribution < 1.29 is 13.9 Å². The first-order chi connectivity index (χ1) is 15.7. The minimum Gasteiger partial charge on any atom is -0.467 e. The second kappa shape index (κ2) is 8.55. The number of amides is 1. The van der Waals surface area contributed by atoms with Crippen LogP contribution in [0.4, 0.5) is 11.4 Å². The monoisotopic (exact) mass is 426 g/mol. The Morgan fingerprint density at radius 1 is 1.19 bits per heavy atom. The van der Waals surface area contributed by atoms with Crippen molar-refractivity contribution in [2.75, 3.05) is 10.2 Å². The van der Waals surface area contributed by atoms with Gasteiger partial charge in [0.25, 0.3) is 5.91 Å². The summed E-state index contributed by atoms with van der Waals surface area (Å²) in [4.78, 5) is 23.4. The third kappa shape index (κ3) is 4.05. The summed E-state index contributed by atoms with van der Waals surface area (Å²) >= 11 is 0. The summed E-state index contributed by atoms with van der Waals surface area (Å²) in [6.45, 7) is 2.72. The zero-order valence-corrected chi connectivity index (χ0v) is 17.6. The standard InChI is InChI=1S/C25H22N4O3/c1-17-13-18-5-2-3-8-22(18)29(17)16-23-21(9-12-31-23)25(30)28-19-6-4-7-20(14-19)32-24-15-26-10-11-27-24/h2-12,14-15,17H,13,16H2,1H3,(H,28,30). The number of hydrogen-bond acceptors (Lipinski definition) is 6. The summed E-state index contributed by atoms with van der Waals surface area (Å²) in [6, 6.07) is 17.5. The van der Waals surface area contributed by atoms with Crippen LogP contribution in [0.2, 0.25) is 0 Å². The van der Waals surface area contributed by atoms with Gasteiger partial charge in [0.05, 0.1) is 24.6 Å². The quantitative estimate of drug-likeness (QED) is 0.464. The van der Waals surface area contributed by atoms with Crippen LogP contribution in [0.15, 0.2) is 83.9 Å². The van der Waals surface area contributed by atoms with Gasteiger partial charge in [-0.15, -0.1) is 0 Å². The zero-order chi connectivity index (χ0) is 21.9. The smallest absolute Gasteiger partial charge is 0.259 e. The fourth-order valence-electron chi connectivity index (χ4n) is 3.99. The van der Waals surface area contributed by atoms with E-state index in [0.29, 0.717) is 41.2 Å². The highest BCUT2D eigenvalue weighted by Crippen LogP contribution is 2.33. The van der Waals surface area contributed by atoms with E-state index in [4.69, 9.17) is 9.15 Å². The van der Waals surface area contributed by atoms with Gasteiger partial charge in [-0.2, -0.15) is 0 Å². The minimum atomic E-state index is -0.231. The van der Waals surface area contributed by atoms with Crippen LogP contribution in [0.25, 0.3) is 0 Å². The fourth-order valence-corrected chi connectivity index (χ4v) is 3.99. The second-order valence-corrected chi connectivity index (χ2v) is 7.69. The Balaban J connectivity index is 1.31. The molecule has 7 heteroatoms. The van der Waals surface area contributed by atoms with Crippen LogP contribution >= 0.6 is 0 Å². The number of nitrogens with zero attached hydrogens (tertiary/aromatic N) is 3. The molecule has 7 nitrogen and oxygen atoms in total. The van der Waals surface area contributed by atoms with E-state index in [1.807, 2.05) is 6.07 Å². The molecule has 5 rings (SSSR count). The number of fused-ring (bicyclic) bond motifs is 1. The van der Waals surface area contributed by atoms with Crippen LogP contribution in [0.5, 0.6) is 11.6 Å². The summed E-state index contributed by atoms with van der Waals surface area (Å²) in [5.41, 5.74) is 3.64. The van der Waals surface area contributed by atoms with Crippen LogP contribution < -0.4 is 15.0 Å². The average Bonchev–Trinajstić information content (AvgIpc) is 3.39. The van der Waals surface area contributed by atoms with Crippen molar-refractivity contribution in [2.24, 2.45) is 0 Å². The number of carbonyl (C=O) groups excluding carboxylic acids is 1. The van der Waals surface area contributed by atoms with Gasteiger partial charge in [0.1, 0.15) is 11.5 Å². The highest BCUT2D eigenvalue weighted by atomic mass is 16.5. The highest BCUT2D eigenvalue weighted by molar-refractivity contribution is 6.05. The zero-order valence-electron chi connectivity index (χ0n) is 17.6. The molecule has 1 aliphatic heterocycles. The van der Waals surface area contributed by atoms with Gasteiger partial charge in [-0.25, -0.2) is 4.98 Å². The first kappa shape index (κ1) is 19.8. The lowest BCUT2D eigenvalue weighted by Crippen LogP contribution is -2.29. The van der Waals surface area contributed by atoms with Crippen molar-refractivity contribution in [3.8, 4) is 11.6 Å². The van der Waals surface area contributed by atoms with E-state index < -0.39 is 0 Å². The minimum absolute atomic E-state index is 0.231. The van der Waals surface area contributed by atoms with Crippen molar-refractivity contribution in [1.29, 1.82) is 0 Å². The first-order valence-corrected chi connectivity index (χ1v) is 10.4. The topological polar surface area (TPSA) is 80.5 Å². The van der Waals surface area contributed by atoms with Gasteiger partial charge in [0.15, 0.2) is 0 Å². The maximum atomic E-state index is 13.0. The average molecular weight is 426 g/mol. The van der Waals surface area contributed by atoms with Gasteiger partial charge in [-0.1, -0.05) is 24.3 Å². The molecule has 1 aliphatic rings. The van der Waals surface area contributed by atoms with Crippen LogP contribution in [0.1, 0.15) is 28.6 Å². The van der Waals surface area contributed by atoms with E-state index in [1.165, 1.54) is 17.4 Å². The van der Waals surface area contributed by atoms with Crippen molar-refractivity contribution in [1.82, 2.24) is 9.97 Å². The number of nitrogens with one attached hydrogen (secondary N) is 1. The van der Waals surface area contributed by atoms with E-state index in [1.54, 1.807) is 49.0 Å². The van der Waals surface area contributed by atoms with Gasteiger partial charge in [0, 0.05) is 35.9 Å². The molecule has 2 aromatic carbocycles. The summed E-state index contributed by atoms with van der Waals surface area (Å²) in [7, 11) is 0. The predicted molar refractivity (Wildman–Crippen MR) is 121 cm³/mol. The Bertz CT molecular complexity index is 1240. The Morgan fingerprint density at radius 2 is 2.09 bits per heavy atom. The van der Waals surface area contributed by atoms with E-state index in [9.17, 15) is 4.79 Å². The summed E-state index contributed by atoms with van der Waals surface area (Å²) in [5.74, 6) is 1.34. The number of carbonyl (C=O) groups is 1. The van der Waals surface area contributed by atoms with E-state index in [0.717, 1.165) is 6.42 Å². The number of ether oxygens (including phenoxy) is 1. The molecule has 160 valence electrons. The van der Waals surface area contributed by atoms with Crippen LogP contribution in [0.3, 0.4) is 0 Å². The van der Waals surface area contributed by atoms with Gasteiger partial charge in [-0.3, -0.25) is 9.78 Å².